The molecule has 0 spiro atoms. The monoisotopic (exact) mass is 699 g/mol. The van der Waals surface area contributed by atoms with E-state index in [4.69, 9.17) is 0 Å². The summed E-state index contributed by atoms with van der Waals surface area (Å²) < 4.78 is 6.98. The number of nitriles is 2. The summed E-state index contributed by atoms with van der Waals surface area (Å²) in [6.07, 6.45) is 0. The van der Waals surface area contributed by atoms with Gasteiger partial charge in [-0.1, -0.05) is 115 Å². The Labute approximate surface area is 316 Å². The third-order valence-electron chi connectivity index (χ3n) is 11.1. The molecule has 0 saturated heterocycles. The molecule has 11 rings (SSSR count). The van der Waals surface area contributed by atoms with Crippen LogP contribution in [0.1, 0.15) is 11.1 Å². The van der Waals surface area contributed by atoms with Crippen LogP contribution < -0.4 is 0 Å². The van der Waals surface area contributed by atoms with Crippen LogP contribution in [0.3, 0.4) is 0 Å². The third-order valence-corrected chi connectivity index (χ3v) is 11.1. The van der Waals surface area contributed by atoms with Crippen molar-refractivity contribution in [1.82, 2.24) is 13.7 Å². The van der Waals surface area contributed by atoms with Crippen molar-refractivity contribution < 1.29 is 0 Å². The van der Waals surface area contributed by atoms with Crippen molar-refractivity contribution in [1.29, 1.82) is 10.5 Å². The summed E-state index contributed by atoms with van der Waals surface area (Å²) in [5, 5.41) is 27.5. The van der Waals surface area contributed by atoms with E-state index in [0.29, 0.717) is 11.1 Å². The fourth-order valence-corrected chi connectivity index (χ4v) is 8.89. The summed E-state index contributed by atoms with van der Waals surface area (Å²) in [6, 6.07) is 65.9. The van der Waals surface area contributed by atoms with Crippen LogP contribution >= 0.6 is 0 Å². The Balaban J connectivity index is 1.28. The third kappa shape index (κ3) is 4.33. The van der Waals surface area contributed by atoms with E-state index in [1.165, 1.54) is 10.8 Å². The van der Waals surface area contributed by atoms with Crippen molar-refractivity contribution in [2.45, 2.75) is 0 Å². The molecule has 0 bridgehead atoms. The SMILES string of the molecule is N#Cc1ccc2c(c1)c1ccccc1n2-c1ccccc1-c1cccc(C#N)c1-n1c2ccccc2c2cccc(-n3c4ccccc4c4ccccc43)c21. The molecule has 3 aromatic heterocycles. The molecule has 5 nitrogen and oxygen atoms in total. The van der Waals surface area contributed by atoms with E-state index in [-0.39, 0.29) is 0 Å². The number of nitrogens with zero attached hydrogens (tertiary/aromatic N) is 5. The fraction of sp³-hybridized carbons (Fsp3) is 0. The van der Waals surface area contributed by atoms with Crippen LogP contribution in [0.15, 0.2) is 176 Å². The van der Waals surface area contributed by atoms with E-state index in [2.05, 4.69) is 165 Å². The molecule has 0 N–H and O–H groups in total. The Hall–Kier alpha value is -7.86. The van der Waals surface area contributed by atoms with Crippen molar-refractivity contribution in [3.63, 3.8) is 0 Å². The van der Waals surface area contributed by atoms with Crippen molar-refractivity contribution in [3.05, 3.63) is 187 Å². The fourth-order valence-electron chi connectivity index (χ4n) is 8.89. The van der Waals surface area contributed by atoms with Crippen LogP contribution in [0.5, 0.6) is 0 Å². The highest BCUT2D eigenvalue weighted by molar-refractivity contribution is 6.16. The van der Waals surface area contributed by atoms with Gasteiger partial charge in [-0.15, -0.1) is 0 Å². The van der Waals surface area contributed by atoms with Crippen molar-refractivity contribution in [3.8, 4) is 40.3 Å². The molecule has 8 aromatic carbocycles. The molecule has 11 aromatic rings. The van der Waals surface area contributed by atoms with Crippen LogP contribution in [0.25, 0.3) is 93.6 Å². The van der Waals surface area contributed by atoms with Crippen molar-refractivity contribution >= 4 is 65.4 Å². The zero-order valence-corrected chi connectivity index (χ0v) is 29.5. The van der Waals surface area contributed by atoms with Crippen LogP contribution in [-0.4, -0.2) is 13.7 Å². The first-order valence-corrected chi connectivity index (χ1v) is 18.3. The maximum Gasteiger partial charge on any atom is 0.101 e. The number of benzene rings is 8. The second-order valence-corrected chi connectivity index (χ2v) is 13.9. The maximum atomic E-state index is 11.0. The predicted octanol–water partition coefficient (Wildman–Crippen LogP) is 12.4. The molecular weight excluding hydrogens is 671 g/mol. The molecule has 0 amide bonds. The molecule has 0 unspecified atom stereocenters. The summed E-state index contributed by atoms with van der Waals surface area (Å²) in [5.41, 5.74) is 12.3. The van der Waals surface area contributed by atoms with Crippen LogP contribution in [0.4, 0.5) is 0 Å². The second-order valence-electron chi connectivity index (χ2n) is 13.9. The molecule has 0 fully saturated rings. The van der Waals surface area contributed by atoms with E-state index in [0.717, 1.165) is 82.8 Å². The summed E-state index contributed by atoms with van der Waals surface area (Å²) in [5.74, 6) is 0. The molecular formula is C50H29N5. The lowest BCUT2D eigenvalue weighted by atomic mass is 9.98. The van der Waals surface area contributed by atoms with Gasteiger partial charge in [0.1, 0.15) is 6.07 Å². The number of rotatable bonds is 4. The minimum atomic E-state index is 0.577. The average Bonchev–Trinajstić information content (AvgIpc) is 3.89. The first kappa shape index (κ1) is 30.7. The number of para-hydroxylation sites is 7. The zero-order valence-electron chi connectivity index (χ0n) is 29.5. The standard InChI is InChI=1S/C50H29N5/c51-30-32-27-28-47-41(29-32)38-18-5-9-24-45(38)53(47)44-23-8-3-16-36(44)39-19-11-13-33(31-52)49(39)55-46-25-10-4-17-37(46)40-20-12-26-48(50(40)55)54-42-21-6-1-14-34(42)35-15-2-7-22-43(35)54/h1-29H. The van der Waals surface area contributed by atoms with Gasteiger partial charge in [-0.05, 0) is 60.7 Å². The van der Waals surface area contributed by atoms with Gasteiger partial charge >= 0.3 is 0 Å². The summed E-state index contributed by atoms with van der Waals surface area (Å²) in [7, 11) is 0. The molecule has 55 heavy (non-hydrogen) atoms. The van der Waals surface area contributed by atoms with Gasteiger partial charge in [0.2, 0.25) is 0 Å². The Bertz CT molecular complexity index is 3420. The highest BCUT2D eigenvalue weighted by Crippen LogP contribution is 2.44. The van der Waals surface area contributed by atoms with E-state index in [9.17, 15) is 10.5 Å². The van der Waals surface area contributed by atoms with Gasteiger partial charge in [-0.3, -0.25) is 0 Å². The molecule has 0 aliphatic heterocycles. The summed E-state index contributed by atoms with van der Waals surface area (Å²) >= 11 is 0. The second kappa shape index (κ2) is 11.8. The first-order valence-electron chi connectivity index (χ1n) is 18.3. The van der Waals surface area contributed by atoms with Crippen molar-refractivity contribution in [2.75, 3.05) is 0 Å². The van der Waals surface area contributed by atoms with Gasteiger partial charge in [-0.2, -0.15) is 10.5 Å². The number of aromatic nitrogens is 3. The molecule has 254 valence electrons. The Kier molecular flexibility index (Phi) is 6.61. The lowest BCUT2D eigenvalue weighted by Gasteiger charge is -2.20. The smallest absolute Gasteiger partial charge is 0.101 e. The predicted molar refractivity (Wildman–Crippen MR) is 224 cm³/mol. The van der Waals surface area contributed by atoms with Gasteiger partial charge in [0.15, 0.2) is 0 Å². The van der Waals surface area contributed by atoms with E-state index >= 15 is 0 Å². The van der Waals surface area contributed by atoms with Crippen LogP contribution in [0, 0.1) is 22.7 Å². The molecule has 3 heterocycles. The van der Waals surface area contributed by atoms with E-state index < -0.39 is 0 Å². The molecule has 0 aliphatic carbocycles. The first-order chi connectivity index (χ1) is 27.2. The molecule has 0 saturated carbocycles. The summed E-state index contributed by atoms with van der Waals surface area (Å²) in [4.78, 5) is 0. The topological polar surface area (TPSA) is 62.4 Å². The van der Waals surface area contributed by atoms with Crippen molar-refractivity contribution in [2.24, 2.45) is 0 Å². The quantitative estimate of drug-likeness (QED) is 0.184. The zero-order chi connectivity index (χ0) is 36.6. The van der Waals surface area contributed by atoms with Crippen LogP contribution in [-0.2, 0) is 0 Å². The Morgan fingerprint density at radius 3 is 1.47 bits per heavy atom. The molecule has 5 heteroatoms. The Morgan fingerprint density at radius 1 is 0.345 bits per heavy atom. The van der Waals surface area contributed by atoms with Gasteiger partial charge < -0.3 is 13.7 Å². The normalized spacial score (nSPS) is 11.6. The van der Waals surface area contributed by atoms with Gasteiger partial charge in [0.25, 0.3) is 0 Å². The van der Waals surface area contributed by atoms with E-state index in [1.54, 1.807) is 0 Å². The van der Waals surface area contributed by atoms with Gasteiger partial charge in [0.05, 0.1) is 67.4 Å². The molecule has 0 atom stereocenters. The Morgan fingerprint density at radius 2 is 0.818 bits per heavy atom. The maximum absolute atomic E-state index is 11.0. The summed E-state index contributed by atoms with van der Waals surface area (Å²) in [6.45, 7) is 0. The average molecular weight is 700 g/mol. The molecule has 0 radical (unpaired) electrons. The highest BCUT2D eigenvalue weighted by Gasteiger charge is 2.25. The number of hydrogen-bond donors (Lipinski definition) is 0. The lowest BCUT2D eigenvalue weighted by Crippen LogP contribution is -2.05. The number of hydrogen-bond acceptors (Lipinski definition) is 2. The van der Waals surface area contributed by atoms with Gasteiger partial charge in [0, 0.05) is 43.4 Å². The number of fused-ring (bicyclic) bond motifs is 9. The lowest BCUT2D eigenvalue weighted by molar-refractivity contribution is 1.12. The minimum absolute atomic E-state index is 0.577. The largest absolute Gasteiger partial charge is 0.309 e. The van der Waals surface area contributed by atoms with Crippen LogP contribution in [0.2, 0.25) is 0 Å². The van der Waals surface area contributed by atoms with Gasteiger partial charge in [-0.25, -0.2) is 0 Å². The molecule has 0 aliphatic rings. The minimum Gasteiger partial charge on any atom is -0.309 e. The van der Waals surface area contributed by atoms with E-state index in [1.807, 2.05) is 36.4 Å². The highest BCUT2D eigenvalue weighted by atomic mass is 15.1.